The molecular weight excluding hydrogens is 242 g/mol. The zero-order valence-electron chi connectivity index (χ0n) is 11.5. The van der Waals surface area contributed by atoms with Crippen molar-refractivity contribution in [2.45, 2.75) is 38.5 Å². The lowest BCUT2D eigenvalue weighted by atomic mass is 9.85. The van der Waals surface area contributed by atoms with Crippen LogP contribution in [0.2, 0.25) is 0 Å². The SMILES string of the molecule is O=C(NCCCNC(=O)C1CCCNC1)C1CCC1. The second-order valence-electron chi connectivity index (χ2n) is 5.61. The minimum absolute atomic E-state index is 0.123. The fourth-order valence-electron chi connectivity index (χ4n) is 2.55. The summed E-state index contributed by atoms with van der Waals surface area (Å²) in [4.78, 5) is 23.4. The number of piperidine rings is 1. The van der Waals surface area contributed by atoms with Crippen molar-refractivity contribution < 1.29 is 9.59 Å². The van der Waals surface area contributed by atoms with Gasteiger partial charge in [0.25, 0.3) is 0 Å². The molecule has 1 unspecified atom stereocenters. The molecule has 108 valence electrons. The molecule has 5 nitrogen and oxygen atoms in total. The van der Waals surface area contributed by atoms with Crippen LogP contribution in [-0.2, 0) is 9.59 Å². The molecule has 2 fully saturated rings. The lowest BCUT2D eigenvalue weighted by Crippen LogP contribution is -2.41. The molecule has 1 aliphatic heterocycles. The van der Waals surface area contributed by atoms with Crippen molar-refractivity contribution in [1.82, 2.24) is 16.0 Å². The second kappa shape index (κ2) is 7.48. The summed E-state index contributed by atoms with van der Waals surface area (Å²) < 4.78 is 0. The van der Waals surface area contributed by atoms with Crippen LogP contribution in [0.4, 0.5) is 0 Å². The number of carbonyl (C=O) groups excluding carboxylic acids is 2. The summed E-state index contributed by atoms with van der Waals surface area (Å²) in [5, 5.41) is 9.13. The quantitative estimate of drug-likeness (QED) is 0.610. The topological polar surface area (TPSA) is 70.2 Å². The van der Waals surface area contributed by atoms with Crippen molar-refractivity contribution in [2.24, 2.45) is 11.8 Å². The predicted molar refractivity (Wildman–Crippen MR) is 73.6 cm³/mol. The van der Waals surface area contributed by atoms with Gasteiger partial charge < -0.3 is 16.0 Å². The van der Waals surface area contributed by atoms with Crippen LogP contribution in [0, 0.1) is 11.8 Å². The lowest BCUT2D eigenvalue weighted by Gasteiger charge is -2.24. The van der Waals surface area contributed by atoms with E-state index in [4.69, 9.17) is 0 Å². The van der Waals surface area contributed by atoms with E-state index in [-0.39, 0.29) is 23.7 Å². The van der Waals surface area contributed by atoms with Gasteiger partial charge in [0.15, 0.2) is 0 Å². The van der Waals surface area contributed by atoms with E-state index in [9.17, 15) is 9.59 Å². The van der Waals surface area contributed by atoms with Gasteiger partial charge in [0.2, 0.25) is 11.8 Å². The van der Waals surface area contributed by atoms with Gasteiger partial charge in [-0.3, -0.25) is 9.59 Å². The fourth-order valence-corrected chi connectivity index (χ4v) is 2.55. The Balaban J connectivity index is 1.49. The molecule has 1 saturated carbocycles. The maximum Gasteiger partial charge on any atom is 0.224 e. The van der Waals surface area contributed by atoms with Gasteiger partial charge in [0.1, 0.15) is 0 Å². The first-order valence-electron chi connectivity index (χ1n) is 7.53. The highest BCUT2D eigenvalue weighted by molar-refractivity contribution is 5.79. The van der Waals surface area contributed by atoms with Gasteiger partial charge in [0, 0.05) is 25.6 Å². The molecule has 5 heteroatoms. The molecule has 0 spiro atoms. The molecule has 0 bridgehead atoms. The molecule has 2 aliphatic rings. The van der Waals surface area contributed by atoms with E-state index in [1.54, 1.807) is 0 Å². The Morgan fingerprint density at radius 3 is 2.11 bits per heavy atom. The van der Waals surface area contributed by atoms with Crippen molar-refractivity contribution in [1.29, 1.82) is 0 Å². The Morgan fingerprint density at radius 2 is 1.58 bits per heavy atom. The molecule has 0 radical (unpaired) electrons. The van der Waals surface area contributed by atoms with E-state index in [0.29, 0.717) is 13.1 Å². The third-order valence-electron chi connectivity index (χ3n) is 4.10. The highest BCUT2D eigenvalue weighted by Crippen LogP contribution is 2.25. The van der Waals surface area contributed by atoms with E-state index in [2.05, 4.69) is 16.0 Å². The second-order valence-corrected chi connectivity index (χ2v) is 5.61. The first-order valence-corrected chi connectivity index (χ1v) is 7.53. The van der Waals surface area contributed by atoms with E-state index >= 15 is 0 Å². The molecule has 1 heterocycles. The van der Waals surface area contributed by atoms with Crippen LogP contribution in [0.25, 0.3) is 0 Å². The van der Waals surface area contributed by atoms with E-state index in [0.717, 1.165) is 45.2 Å². The van der Waals surface area contributed by atoms with Gasteiger partial charge >= 0.3 is 0 Å². The van der Waals surface area contributed by atoms with Crippen LogP contribution >= 0.6 is 0 Å². The number of hydrogen-bond donors (Lipinski definition) is 3. The molecule has 1 atom stereocenters. The van der Waals surface area contributed by atoms with Crippen molar-refractivity contribution in [3.63, 3.8) is 0 Å². The van der Waals surface area contributed by atoms with Crippen LogP contribution in [0.3, 0.4) is 0 Å². The third kappa shape index (κ3) is 4.49. The van der Waals surface area contributed by atoms with Crippen molar-refractivity contribution in [2.75, 3.05) is 26.2 Å². The molecular formula is C14H25N3O2. The Bertz CT molecular complexity index is 310. The average molecular weight is 267 g/mol. The summed E-state index contributed by atoms with van der Waals surface area (Å²) in [6, 6.07) is 0. The smallest absolute Gasteiger partial charge is 0.224 e. The van der Waals surface area contributed by atoms with Crippen molar-refractivity contribution in [3.8, 4) is 0 Å². The summed E-state index contributed by atoms with van der Waals surface area (Å²) in [7, 11) is 0. The normalized spacial score (nSPS) is 23.5. The summed E-state index contributed by atoms with van der Waals surface area (Å²) in [6.07, 6.45) is 6.13. The van der Waals surface area contributed by atoms with Gasteiger partial charge in [-0.1, -0.05) is 6.42 Å². The number of nitrogens with one attached hydrogen (secondary N) is 3. The summed E-state index contributed by atoms with van der Waals surface area (Å²) in [5.41, 5.74) is 0. The number of hydrogen-bond acceptors (Lipinski definition) is 3. The molecule has 1 saturated heterocycles. The Morgan fingerprint density at radius 1 is 0.947 bits per heavy atom. The maximum absolute atomic E-state index is 11.8. The van der Waals surface area contributed by atoms with E-state index in [1.165, 1.54) is 6.42 Å². The predicted octanol–water partition coefficient (Wildman–Crippen LogP) is 0.409. The molecule has 2 amide bonds. The number of rotatable bonds is 6. The monoisotopic (exact) mass is 267 g/mol. The Hall–Kier alpha value is -1.10. The molecule has 19 heavy (non-hydrogen) atoms. The summed E-state index contributed by atoms with van der Waals surface area (Å²) in [5.74, 6) is 0.716. The minimum atomic E-state index is 0.123. The average Bonchev–Trinajstić information content (AvgIpc) is 2.37. The highest BCUT2D eigenvalue weighted by Gasteiger charge is 2.24. The zero-order chi connectivity index (χ0) is 13.5. The van der Waals surface area contributed by atoms with Crippen molar-refractivity contribution >= 4 is 11.8 Å². The van der Waals surface area contributed by atoms with Gasteiger partial charge in [-0.25, -0.2) is 0 Å². The number of amides is 2. The van der Waals surface area contributed by atoms with E-state index < -0.39 is 0 Å². The standard InChI is InChI=1S/C14H25N3O2/c18-13(11-4-1-5-11)16-8-3-9-17-14(19)12-6-2-7-15-10-12/h11-12,15H,1-10H2,(H,16,18)(H,17,19). The van der Waals surface area contributed by atoms with Gasteiger partial charge in [-0.15, -0.1) is 0 Å². The lowest BCUT2D eigenvalue weighted by molar-refractivity contribution is -0.127. The summed E-state index contributed by atoms with van der Waals surface area (Å²) in [6.45, 7) is 3.14. The fraction of sp³-hybridized carbons (Fsp3) is 0.857. The van der Waals surface area contributed by atoms with Gasteiger partial charge in [-0.05, 0) is 38.6 Å². The van der Waals surface area contributed by atoms with Crippen LogP contribution in [0.1, 0.15) is 38.5 Å². The van der Waals surface area contributed by atoms with Crippen LogP contribution in [-0.4, -0.2) is 38.0 Å². The van der Waals surface area contributed by atoms with Crippen LogP contribution in [0.5, 0.6) is 0 Å². The van der Waals surface area contributed by atoms with Gasteiger partial charge in [0.05, 0.1) is 5.92 Å². The molecule has 0 aromatic rings. The molecule has 0 aromatic heterocycles. The zero-order valence-corrected chi connectivity index (χ0v) is 11.5. The third-order valence-corrected chi connectivity index (χ3v) is 4.10. The molecule has 3 N–H and O–H groups in total. The number of carbonyl (C=O) groups is 2. The minimum Gasteiger partial charge on any atom is -0.356 e. The highest BCUT2D eigenvalue weighted by atomic mass is 16.2. The molecule has 1 aliphatic carbocycles. The Labute approximate surface area is 114 Å². The molecule has 0 aromatic carbocycles. The maximum atomic E-state index is 11.8. The van der Waals surface area contributed by atoms with Crippen LogP contribution in [0.15, 0.2) is 0 Å². The first kappa shape index (κ1) is 14.3. The largest absolute Gasteiger partial charge is 0.356 e. The van der Waals surface area contributed by atoms with Crippen LogP contribution < -0.4 is 16.0 Å². The molecule has 2 rings (SSSR count). The van der Waals surface area contributed by atoms with Gasteiger partial charge in [-0.2, -0.15) is 0 Å². The Kier molecular flexibility index (Phi) is 5.63. The van der Waals surface area contributed by atoms with E-state index in [1.807, 2.05) is 0 Å². The summed E-state index contributed by atoms with van der Waals surface area (Å²) >= 11 is 0. The van der Waals surface area contributed by atoms with Crippen molar-refractivity contribution in [3.05, 3.63) is 0 Å². The first-order chi connectivity index (χ1) is 9.27.